The first-order valence-electron chi connectivity index (χ1n) is 7.00. The third kappa shape index (κ3) is 6.40. The molecule has 6 nitrogen and oxygen atoms in total. The van der Waals surface area contributed by atoms with Crippen LogP contribution >= 0.6 is 7.60 Å². The fourth-order valence-electron chi connectivity index (χ4n) is 1.79. The fraction of sp³-hybridized carbons (Fsp3) is 0.500. The molecule has 1 aromatic carbocycles. The van der Waals surface area contributed by atoms with Crippen molar-refractivity contribution in [1.29, 1.82) is 0 Å². The van der Waals surface area contributed by atoms with E-state index in [0.29, 0.717) is 25.4 Å². The monoisotopic (exact) mass is 314 g/mol. The SMILES string of the molecule is CCOP(=O)(Cc1ccc(NC(=O)CCN)cc1)OCC. The molecule has 0 aliphatic rings. The van der Waals surface area contributed by atoms with Gasteiger partial charge in [-0.1, -0.05) is 12.1 Å². The van der Waals surface area contributed by atoms with Gasteiger partial charge in [-0.2, -0.15) is 0 Å². The van der Waals surface area contributed by atoms with Gasteiger partial charge in [-0.3, -0.25) is 9.36 Å². The molecule has 7 heteroatoms. The topological polar surface area (TPSA) is 90.7 Å². The average Bonchev–Trinajstić information content (AvgIpc) is 2.41. The summed E-state index contributed by atoms with van der Waals surface area (Å²) < 4.78 is 22.9. The zero-order valence-corrected chi connectivity index (χ0v) is 13.4. The van der Waals surface area contributed by atoms with Crippen molar-refractivity contribution in [2.45, 2.75) is 26.4 Å². The number of hydrogen-bond acceptors (Lipinski definition) is 5. The molecule has 0 radical (unpaired) electrons. The van der Waals surface area contributed by atoms with Crippen molar-refractivity contribution < 1.29 is 18.4 Å². The molecule has 118 valence electrons. The Balaban J connectivity index is 2.68. The van der Waals surface area contributed by atoms with Gasteiger partial charge in [0, 0.05) is 18.7 Å². The van der Waals surface area contributed by atoms with Crippen LogP contribution in [-0.2, 0) is 24.6 Å². The standard InChI is InChI=1S/C14H23N2O4P/c1-3-19-21(18,20-4-2)11-12-5-7-13(8-6-12)16-14(17)9-10-15/h5-8H,3-4,9-11,15H2,1-2H3,(H,16,17). The maximum Gasteiger partial charge on any atom is 0.335 e. The molecule has 0 aliphatic heterocycles. The molecule has 21 heavy (non-hydrogen) atoms. The summed E-state index contributed by atoms with van der Waals surface area (Å²) in [5.74, 6) is -0.125. The number of carbonyl (C=O) groups excluding carboxylic acids is 1. The van der Waals surface area contributed by atoms with Crippen molar-refractivity contribution in [2.24, 2.45) is 5.73 Å². The molecule has 0 spiro atoms. The number of amides is 1. The van der Waals surface area contributed by atoms with Crippen LogP contribution in [0.5, 0.6) is 0 Å². The van der Waals surface area contributed by atoms with Crippen molar-refractivity contribution in [3.63, 3.8) is 0 Å². The predicted molar refractivity (Wildman–Crippen MR) is 83.3 cm³/mol. The number of hydrogen-bond donors (Lipinski definition) is 2. The molecule has 0 saturated carbocycles. The van der Waals surface area contributed by atoms with E-state index in [4.69, 9.17) is 14.8 Å². The highest BCUT2D eigenvalue weighted by Gasteiger charge is 2.23. The third-order valence-electron chi connectivity index (χ3n) is 2.64. The van der Waals surface area contributed by atoms with Crippen LogP contribution in [-0.4, -0.2) is 25.7 Å². The van der Waals surface area contributed by atoms with Crippen molar-refractivity contribution in [3.05, 3.63) is 29.8 Å². The van der Waals surface area contributed by atoms with E-state index in [1.807, 2.05) is 0 Å². The van der Waals surface area contributed by atoms with E-state index < -0.39 is 7.60 Å². The highest BCUT2D eigenvalue weighted by molar-refractivity contribution is 7.53. The Hall–Kier alpha value is -1.20. The molecule has 0 unspecified atom stereocenters. The number of rotatable bonds is 9. The number of benzene rings is 1. The Morgan fingerprint density at radius 2 is 1.76 bits per heavy atom. The molecule has 0 heterocycles. The van der Waals surface area contributed by atoms with E-state index in [1.165, 1.54) is 0 Å². The molecule has 0 bridgehead atoms. The van der Waals surface area contributed by atoms with Gasteiger partial charge in [0.25, 0.3) is 0 Å². The van der Waals surface area contributed by atoms with Crippen molar-refractivity contribution in [3.8, 4) is 0 Å². The minimum absolute atomic E-state index is 0.125. The van der Waals surface area contributed by atoms with Gasteiger partial charge in [-0.15, -0.1) is 0 Å². The molecule has 0 aliphatic carbocycles. The quantitative estimate of drug-likeness (QED) is 0.684. The molecule has 0 atom stereocenters. The first-order chi connectivity index (χ1) is 10.0. The largest absolute Gasteiger partial charge is 0.335 e. The molecule has 1 rings (SSSR count). The van der Waals surface area contributed by atoms with E-state index in [0.717, 1.165) is 5.56 Å². The Morgan fingerprint density at radius 3 is 2.24 bits per heavy atom. The van der Waals surface area contributed by atoms with E-state index in [9.17, 15) is 9.36 Å². The molecule has 0 saturated heterocycles. The summed E-state index contributed by atoms with van der Waals surface area (Å²) >= 11 is 0. The number of nitrogens with one attached hydrogen (secondary N) is 1. The average molecular weight is 314 g/mol. The number of nitrogens with two attached hydrogens (primary N) is 1. The van der Waals surface area contributed by atoms with Crippen LogP contribution in [0.4, 0.5) is 5.69 Å². The lowest BCUT2D eigenvalue weighted by molar-refractivity contribution is -0.116. The van der Waals surface area contributed by atoms with Gasteiger partial charge in [0.05, 0.1) is 19.4 Å². The first kappa shape index (κ1) is 17.9. The Bertz CT molecular complexity index is 480. The van der Waals surface area contributed by atoms with Gasteiger partial charge in [0.15, 0.2) is 0 Å². The maximum atomic E-state index is 12.4. The van der Waals surface area contributed by atoms with Crippen LogP contribution in [0, 0.1) is 0 Å². The van der Waals surface area contributed by atoms with Crippen molar-refractivity contribution >= 4 is 19.2 Å². The second kappa shape index (κ2) is 8.95. The lowest BCUT2D eigenvalue weighted by atomic mass is 10.2. The highest BCUT2D eigenvalue weighted by Crippen LogP contribution is 2.51. The molecule has 0 fully saturated rings. The highest BCUT2D eigenvalue weighted by atomic mass is 31.2. The molecule has 1 aromatic rings. The number of anilines is 1. The zero-order chi connectivity index (χ0) is 15.7. The normalized spacial score (nSPS) is 11.4. The molecule has 0 aromatic heterocycles. The minimum Gasteiger partial charge on any atom is -0.330 e. The predicted octanol–water partition coefficient (Wildman–Crippen LogP) is 2.74. The van der Waals surface area contributed by atoms with Crippen LogP contribution in [0.15, 0.2) is 24.3 Å². The van der Waals surface area contributed by atoms with Crippen molar-refractivity contribution in [1.82, 2.24) is 0 Å². The van der Waals surface area contributed by atoms with Gasteiger partial charge in [-0.05, 0) is 31.5 Å². The van der Waals surface area contributed by atoms with E-state index in [-0.39, 0.29) is 18.5 Å². The van der Waals surface area contributed by atoms with Gasteiger partial charge in [-0.25, -0.2) is 0 Å². The lowest BCUT2D eigenvalue weighted by Gasteiger charge is -2.17. The van der Waals surface area contributed by atoms with Crippen LogP contribution in [0.1, 0.15) is 25.8 Å². The molecule has 3 N–H and O–H groups in total. The summed E-state index contributed by atoms with van der Waals surface area (Å²) in [6.07, 6.45) is 0.497. The van der Waals surface area contributed by atoms with Crippen molar-refractivity contribution in [2.75, 3.05) is 25.1 Å². The smallest absolute Gasteiger partial charge is 0.330 e. The van der Waals surface area contributed by atoms with Crippen LogP contribution < -0.4 is 11.1 Å². The second-order valence-corrected chi connectivity index (χ2v) is 6.44. The Kier molecular flexibility index (Phi) is 7.61. The maximum absolute atomic E-state index is 12.4. The third-order valence-corrected chi connectivity index (χ3v) is 4.69. The van der Waals surface area contributed by atoms with Gasteiger partial charge in [0.2, 0.25) is 5.91 Å². The molecular weight excluding hydrogens is 291 g/mol. The summed E-state index contributed by atoms with van der Waals surface area (Å²) in [6, 6.07) is 7.10. The van der Waals surface area contributed by atoms with Crippen LogP contribution in [0.3, 0.4) is 0 Å². The first-order valence-corrected chi connectivity index (χ1v) is 8.72. The summed E-state index contributed by atoms with van der Waals surface area (Å²) in [6.45, 7) is 4.55. The van der Waals surface area contributed by atoms with E-state index in [1.54, 1.807) is 38.1 Å². The van der Waals surface area contributed by atoms with E-state index >= 15 is 0 Å². The number of carbonyl (C=O) groups is 1. The van der Waals surface area contributed by atoms with Crippen LogP contribution in [0.2, 0.25) is 0 Å². The molecule has 1 amide bonds. The van der Waals surface area contributed by atoms with Gasteiger partial charge in [0.1, 0.15) is 0 Å². The second-order valence-electron chi connectivity index (χ2n) is 4.39. The minimum atomic E-state index is -3.10. The Labute approximate surface area is 125 Å². The van der Waals surface area contributed by atoms with E-state index in [2.05, 4.69) is 5.32 Å². The summed E-state index contributed by atoms with van der Waals surface area (Å²) in [5.41, 5.74) is 6.82. The Morgan fingerprint density at radius 1 is 1.19 bits per heavy atom. The molecular formula is C14H23N2O4P. The summed E-state index contributed by atoms with van der Waals surface area (Å²) in [7, 11) is -3.10. The lowest BCUT2D eigenvalue weighted by Crippen LogP contribution is -2.16. The van der Waals surface area contributed by atoms with Gasteiger partial charge >= 0.3 is 7.60 Å². The zero-order valence-electron chi connectivity index (χ0n) is 12.5. The summed E-state index contributed by atoms with van der Waals surface area (Å²) in [4.78, 5) is 11.4. The van der Waals surface area contributed by atoms with Gasteiger partial charge < -0.3 is 20.1 Å². The summed E-state index contributed by atoms with van der Waals surface area (Å²) in [5, 5.41) is 2.73. The fourth-order valence-corrected chi connectivity index (χ4v) is 3.50. The van der Waals surface area contributed by atoms with Crippen LogP contribution in [0.25, 0.3) is 0 Å².